The summed E-state index contributed by atoms with van der Waals surface area (Å²) in [6.07, 6.45) is 1.75. The van der Waals surface area contributed by atoms with Gasteiger partial charge in [-0.2, -0.15) is 5.10 Å². The summed E-state index contributed by atoms with van der Waals surface area (Å²) >= 11 is 0. The summed E-state index contributed by atoms with van der Waals surface area (Å²) in [5.41, 5.74) is 2.26. The van der Waals surface area contributed by atoms with Gasteiger partial charge >= 0.3 is 6.03 Å². The fourth-order valence-corrected chi connectivity index (χ4v) is 2.86. The van der Waals surface area contributed by atoms with E-state index >= 15 is 0 Å². The molecule has 9 nitrogen and oxygen atoms in total. The molecule has 134 valence electrons. The molecule has 1 saturated heterocycles. The van der Waals surface area contributed by atoms with E-state index in [4.69, 9.17) is 9.72 Å². The number of nitrogens with zero attached hydrogens (tertiary/aromatic N) is 4. The first-order chi connectivity index (χ1) is 12.7. The number of rotatable bonds is 3. The van der Waals surface area contributed by atoms with E-state index in [1.807, 2.05) is 24.3 Å². The molecule has 1 aliphatic rings. The topological polar surface area (TPSA) is 108 Å². The number of morpholine rings is 1. The molecule has 0 aliphatic carbocycles. The van der Waals surface area contributed by atoms with E-state index in [0.29, 0.717) is 30.4 Å². The molecule has 0 saturated carbocycles. The third-order valence-electron chi connectivity index (χ3n) is 4.23. The number of nitrogens with one attached hydrogen (secondary N) is 3. The smallest absolute Gasteiger partial charge is 0.318 e. The van der Waals surface area contributed by atoms with Gasteiger partial charge < -0.3 is 20.3 Å². The van der Waals surface area contributed by atoms with E-state index in [0.717, 1.165) is 29.9 Å². The van der Waals surface area contributed by atoms with Crippen LogP contribution in [0.25, 0.3) is 22.4 Å². The molecule has 1 aromatic carbocycles. The van der Waals surface area contributed by atoms with Crippen molar-refractivity contribution in [2.24, 2.45) is 0 Å². The average molecular weight is 353 g/mol. The van der Waals surface area contributed by atoms with Crippen molar-refractivity contribution in [3.05, 3.63) is 30.5 Å². The third-order valence-corrected chi connectivity index (χ3v) is 4.23. The van der Waals surface area contributed by atoms with E-state index in [1.165, 1.54) is 0 Å². The van der Waals surface area contributed by atoms with Crippen LogP contribution in [-0.2, 0) is 4.74 Å². The Morgan fingerprint density at radius 3 is 2.69 bits per heavy atom. The molecule has 4 rings (SSSR count). The minimum Gasteiger partial charge on any atom is -0.378 e. The molecule has 0 unspecified atom stereocenters. The van der Waals surface area contributed by atoms with Crippen molar-refractivity contribution < 1.29 is 9.53 Å². The number of ether oxygens (including phenoxy) is 1. The largest absolute Gasteiger partial charge is 0.378 e. The number of hydrogen-bond acceptors (Lipinski definition) is 6. The number of urea groups is 1. The Hall–Kier alpha value is -3.20. The van der Waals surface area contributed by atoms with Gasteiger partial charge in [-0.3, -0.25) is 5.10 Å². The molecule has 2 aromatic heterocycles. The van der Waals surface area contributed by atoms with Crippen LogP contribution in [0.1, 0.15) is 0 Å². The lowest BCUT2D eigenvalue weighted by atomic mass is 10.2. The fourth-order valence-electron chi connectivity index (χ4n) is 2.86. The van der Waals surface area contributed by atoms with E-state index in [2.05, 4.69) is 30.7 Å². The number of anilines is 2. The third kappa shape index (κ3) is 3.16. The van der Waals surface area contributed by atoms with Gasteiger partial charge in [0.1, 0.15) is 5.82 Å². The van der Waals surface area contributed by atoms with Gasteiger partial charge in [-0.25, -0.2) is 14.8 Å². The molecule has 26 heavy (non-hydrogen) atoms. The normalized spacial score (nSPS) is 14.4. The lowest BCUT2D eigenvalue weighted by molar-refractivity contribution is 0.122. The molecule has 0 atom stereocenters. The SMILES string of the molecule is CNC(=O)Nc1ccc(-c2nc(N3CCOCC3)c3cn[nH]c3n2)cc1. The second kappa shape index (κ2) is 6.96. The molecule has 3 aromatic rings. The Bertz CT molecular complexity index is 917. The van der Waals surface area contributed by atoms with Gasteiger partial charge in [0.15, 0.2) is 11.5 Å². The zero-order valence-corrected chi connectivity index (χ0v) is 14.3. The number of benzene rings is 1. The Balaban J connectivity index is 1.69. The minimum atomic E-state index is -0.262. The lowest BCUT2D eigenvalue weighted by Gasteiger charge is -2.28. The highest BCUT2D eigenvalue weighted by atomic mass is 16.5. The van der Waals surface area contributed by atoms with Gasteiger partial charge in [-0.05, 0) is 24.3 Å². The molecule has 3 N–H and O–H groups in total. The van der Waals surface area contributed by atoms with Crippen molar-refractivity contribution >= 4 is 28.6 Å². The van der Waals surface area contributed by atoms with Crippen LogP contribution in [0, 0.1) is 0 Å². The molecule has 0 spiro atoms. The van der Waals surface area contributed by atoms with E-state index in [9.17, 15) is 4.79 Å². The molecule has 9 heteroatoms. The average Bonchev–Trinajstić information content (AvgIpc) is 3.17. The fraction of sp³-hybridized carbons (Fsp3) is 0.294. The zero-order valence-electron chi connectivity index (χ0n) is 14.3. The summed E-state index contributed by atoms with van der Waals surface area (Å²) in [5, 5.41) is 13.2. The van der Waals surface area contributed by atoms with Crippen molar-refractivity contribution in [3.8, 4) is 11.4 Å². The van der Waals surface area contributed by atoms with Crippen molar-refractivity contribution in [1.82, 2.24) is 25.5 Å². The van der Waals surface area contributed by atoms with Crippen LogP contribution in [0.2, 0.25) is 0 Å². The molecular weight excluding hydrogens is 334 g/mol. The summed E-state index contributed by atoms with van der Waals surface area (Å²) in [4.78, 5) is 22.9. The van der Waals surface area contributed by atoms with E-state index < -0.39 is 0 Å². The predicted molar refractivity (Wildman–Crippen MR) is 98.2 cm³/mol. The van der Waals surface area contributed by atoms with Crippen LogP contribution in [0.15, 0.2) is 30.5 Å². The highest BCUT2D eigenvalue weighted by Crippen LogP contribution is 2.27. The molecule has 1 fully saturated rings. The monoisotopic (exact) mass is 353 g/mol. The van der Waals surface area contributed by atoms with Crippen LogP contribution in [0.5, 0.6) is 0 Å². The lowest BCUT2D eigenvalue weighted by Crippen LogP contribution is -2.37. The summed E-state index contributed by atoms with van der Waals surface area (Å²) in [6.45, 7) is 2.93. The summed E-state index contributed by atoms with van der Waals surface area (Å²) < 4.78 is 5.44. The second-order valence-corrected chi connectivity index (χ2v) is 5.88. The maximum absolute atomic E-state index is 11.4. The zero-order chi connectivity index (χ0) is 17.9. The van der Waals surface area contributed by atoms with Crippen LogP contribution < -0.4 is 15.5 Å². The number of carbonyl (C=O) groups is 1. The van der Waals surface area contributed by atoms with Crippen molar-refractivity contribution in [2.45, 2.75) is 0 Å². The Kier molecular flexibility index (Phi) is 4.36. The van der Waals surface area contributed by atoms with Gasteiger partial charge in [0.05, 0.1) is 24.8 Å². The first-order valence-corrected chi connectivity index (χ1v) is 8.37. The first kappa shape index (κ1) is 16.3. The molecule has 2 amide bonds. The standard InChI is InChI=1S/C17H19N7O2/c1-18-17(25)20-12-4-2-11(3-5-12)14-21-15-13(10-19-23-15)16(22-14)24-6-8-26-9-7-24/h2-5,10H,6-9H2,1H3,(H2,18,20,25)(H,19,21,22,23). The van der Waals surface area contributed by atoms with E-state index in [1.54, 1.807) is 13.2 Å². The number of aromatic amines is 1. The Labute approximate surface area is 149 Å². The first-order valence-electron chi connectivity index (χ1n) is 8.37. The second-order valence-electron chi connectivity index (χ2n) is 5.88. The van der Waals surface area contributed by atoms with Gasteiger partial charge in [0, 0.05) is 31.4 Å². The van der Waals surface area contributed by atoms with Gasteiger partial charge in [0.25, 0.3) is 0 Å². The molecule has 1 aliphatic heterocycles. The number of amides is 2. The van der Waals surface area contributed by atoms with Crippen LogP contribution in [0.4, 0.5) is 16.3 Å². The number of hydrogen-bond donors (Lipinski definition) is 3. The molecule has 0 radical (unpaired) electrons. The van der Waals surface area contributed by atoms with Crippen LogP contribution in [-0.4, -0.2) is 59.5 Å². The van der Waals surface area contributed by atoms with Crippen LogP contribution in [0.3, 0.4) is 0 Å². The summed E-state index contributed by atoms with van der Waals surface area (Å²) in [5.74, 6) is 1.46. The maximum Gasteiger partial charge on any atom is 0.318 e. The van der Waals surface area contributed by atoms with E-state index in [-0.39, 0.29) is 6.03 Å². The highest BCUT2D eigenvalue weighted by molar-refractivity contribution is 5.90. The van der Waals surface area contributed by atoms with Gasteiger partial charge in [-0.15, -0.1) is 0 Å². The van der Waals surface area contributed by atoms with Crippen LogP contribution >= 0.6 is 0 Å². The quantitative estimate of drug-likeness (QED) is 0.660. The number of carbonyl (C=O) groups excluding carboxylic acids is 1. The van der Waals surface area contributed by atoms with Gasteiger partial charge in [-0.1, -0.05) is 0 Å². The minimum absolute atomic E-state index is 0.262. The Morgan fingerprint density at radius 1 is 1.19 bits per heavy atom. The maximum atomic E-state index is 11.4. The molecule has 3 heterocycles. The number of aromatic nitrogens is 4. The van der Waals surface area contributed by atoms with Crippen molar-refractivity contribution in [1.29, 1.82) is 0 Å². The highest BCUT2D eigenvalue weighted by Gasteiger charge is 2.19. The number of fused-ring (bicyclic) bond motifs is 1. The molecular formula is C17H19N7O2. The number of H-pyrrole nitrogens is 1. The van der Waals surface area contributed by atoms with Crippen molar-refractivity contribution in [3.63, 3.8) is 0 Å². The summed E-state index contributed by atoms with van der Waals surface area (Å²) in [7, 11) is 1.57. The Morgan fingerprint density at radius 2 is 1.96 bits per heavy atom. The van der Waals surface area contributed by atoms with Crippen molar-refractivity contribution in [2.75, 3.05) is 43.6 Å². The predicted octanol–water partition coefficient (Wildman–Crippen LogP) is 1.61. The molecule has 0 bridgehead atoms. The summed E-state index contributed by atoms with van der Waals surface area (Å²) in [6, 6.07) is 7.14. The van der Waals surface area contributed by atoms with Gasteiger partial charge in [0.2, 0.25) is 0 Å².